The molecule has 3 N–H and O–H groups in total. The molecule has 0 spiro atoms. The lowest BCUT2D eigenvalue weighted by Gasteiger charge is -2.19. The third-order valence-electron chi connectivity index (χ3n) is 4.08. The molecule has 0 radical (unpaired) electrons. The minimum atomic E-state index is -0.184. The molecule has 1 amide bonds. The van der Waals surface area contributed by atoms with Crippen molar-refractivity contribution >= 4 is 35.8 Å². The molecular formula is C18H31IN4O4. The number of nitrogens with zero attached hydrogens (tertiary/aromatic N) is 1. The molecule has 2 atom stereocenters. The van der Waals surface area contributed by atoms with Gasteiger partial charge in [-0.2, -0.15) is 0 Å². The predicted molar refractivity (Wildman–Crippen MR) is 115 cm³/mol. The van der Waals surface area contributed by atoms with E-state index in [0.717, 1.165) is 31.0 Å². The first-order valence-electron chi connectivity index (χ1n) is 9.09. The van der Waals surface area contributed by atoms with E-state index in [1.54, 1.807) is 13.1 Å². The topological polar surface area (TPSA) is 97.1 Å². The zero-order chi connectivity index (χ0) is 18.8. The monoisotopic (exact) mass is 494 g/mol. The van der Waals surface area contributed by atoms with Gasteiger partial charge in [0.25, 0.3) is 5.91 Å². The lowest BCUT2D eigenvalue weighted by molar-refractivity contribution is 0.0347. The van der Waals surface area contributed by atoms with Gasteiger partial charge < -0.3 is 29.8 Å². The highest BCUT2D eigenvalue weighted by Gasteiger charge is 2.17. The van der Waals surface area contributed by atoms with Gasteiger partial charge in [-0.05, 0) is 32.8 Å². The molecule has 2 unspecified atom stereocenters. The van der Waals surface area contributed by atoms with Crippen LogP contribution in [0.1, 0.15) is 35.9 Å². The highest BCUT2D eigenvalue weighted by molar-refractivity contribution is 14.0. The van der Waals surface area contributed by atoms with Crippen molar-refractivity contribution in [3.05, 3.63) is 23.7 Å². The lowest BCUT2D eigenvalue weighted by atomic mass is 10.2. The molecule has 1 fully saturated rings. The fraction of sp³-hybridized carbons (Fsp3) is 0.667. The number of carbonyl (C=O) groups is 1. The van der Waals surface area contributed by atoms with E-state index in [1.807, 2.05) is 6.92 Å². The van der Waals surface area contributed by atoms with Crippen LogP contribution in [-0.4, -0.2) is 64.0 Å². The van der Waals surface area contributed by atoms with Crippen LogP contribution in [0.3, 0.4) is 0 Å². The summed E-state index contributed by atoms with van der Waals surface area (Å²) in [6.45, 7) is 7.22. The molecule has 1 saturated heterocycles. The molecule has 0 bridgehead atoms. The smallest absolute Gasteiger partial charge is 0.287 e. The third-order valence-corrected chi connectivity index (χ3v) is 4.08. The zero-order valence-corrected chi connectivity index (χ0v) is 18.6. The maximum atomic E-state index is 11.9. The number of furan rings is 1. The number of halogens is 1. The van der Waals surface area contributed by atoms with Crippen LogP contribution < -0.4 is 16.0 Å². The Kier molecular flexibility index (Phi) is 11.4. The van der Waals surface area contributed by atoms with Crippen LogP contribution in [0.2, 0.25) is 0 Å². The van der Waals surface area contributed by atoms with Gasteiger partial charge in [-0.15, -0.1) is 24.0 Å². The van der Waals surface area contributed by atoms with E-state index < -0.39 is 0 Å². The van der Waals surface area contributed by atoms with Gasteiger partial charge in [-0.25, -0.2) is 0 Å². The first-order valence-corrected chi connectivity index (χ1v) is 9.09. The number of guanidine groups is 1. The van der Waals surface area contributed by atoms with Gasteiger partial charge in [0.05, 0.1) is 25.6 Å². The molecule has 0 saturated carbocycles. The van der Waals surface area contributed by atoms with E-state index in [-0.39, 0.29) is 42.0 Å². The SMILES string of the molecule is CN=C(NCCCNC(=O)c1occc1C)NC(C)COC1CCOC1.I. The van der Waals surface area contributed by atoms with Crippen LogP contribution in [0.5, 0.6) is 0 Å². The molecule has 27 heavy (non-hydrogen) atoms. The number of aliphatic imine (C=N–C) groups is 1. The Balaban J connectivity index is 0.00000364. The van der Waals surface area contributed by atoms with E-state index in [4.69, 9.17) is 13.9 Å². The number of nitrogens with one attached hydrogen (secondary N) is 3. The summed E-state index contributed by atoms with van der Waals surface area (Å²) in [6, 6.07) is 1.92. The maximum Gasteiger partial charge on any atom is 0.287 e. The Morgan fingerprint density at radius 3 is 2.81 bits per heavy atom. The number of ether oxygens (including phenoxy) is 2. The van der Waals surface area contributed by atoms with Crippen LogP contribution in [0.15, 0.2) is 21.7 Å². The molecule has 8 nitrogen and oxygen atoms in total. The molecule has 0 aliphatic carbocycles. The summed E-state index contributed by atoms with van der Waals surface area (Å²) < 4.78 is 16.3. The van der Waals surface area contributed by atoms with Gasteiger partial charge >= 0.3 is 0 Å². The Labute approximate surface area is 177 Å². The van der Waals surface area contributed by atoms with Crippen LogP contribution >= 0.6 is 24.0 Å². The highest BCUT2D eigenvalue weighted by atomic mass is 127. The molecule has 1 aliphatic heterocycles. The van der Waals surface area contributed by atoms with Crippen molar-refractivity contribution in [2.45, 2.75) is 38.8 Å². The molecule has 9 heteroatoms. The number of amides is 1. The van der Waals surface area contributed by atoms with Crippen molar-refractivity contribution in [3.8, 4) is 0 Å². The standard InChI is InChI=1S/C18H30N4O4.HI/c1-13-5-10-25-16(13)17(23)20-7-4-8-21-18(19-3)22-14(2)11-26-15-6-9-24-12-15;/h5,10,14-15H,4,6-9,11-12H2,1-3H3,(H,20,23)(H2,19,21,22);1H. The van der Waals surface area contributed by atoms with Crippen LogP contribution in [0.25, 0.3) is 0 Å². The molecule has 2 rings (SSSR count). The first kappa shape index (κ1) is 23.7. The molecule has 1 aromatic heterocycles. The predicted octanol–water partition coefficient (Wildman–Crippen LogP) is 1.68. The van der Waals surface area contributed by atoms with Crippen molar-refractivity contribution in [3.63, 3.8) is 0 Å². The minimum Gasteiger partial charge on any atom is -0.459 e. The summed E-state index contributed by atoms with van der Waals surface area (Å²) in [5.41, 5.74) is 0.839. The average Bonchev–Trinajstić information content (AvgIpc) is 3.29. The van der Waals surface area contributed by atoms with Crippen LogP contribution in [0.4, 0.5) is 0 Å². The van der Waals surface area contributed by atoms with Crippen molar-refractivity contribution in [2.75, 3.05) is 40.0 Å². The fourth-order valence-electron chi connectivity index (χ4n) is 2.58. The van der Waals surface area contributed by atoms with Crippen LogP contribution in [0, 0.1) is 6.92 Å². The molecule has 1 aromatic rings. The summed E-state index contributed by atoms with van der Waals surface area (Å²) >= 11 is 0. The molecular weight excluding hydrogens is 463 g/mol. The van der Waals surface area contributed by atoms with Gasteiger partial charge in [0.15, 0.2) is 11.7 Å². The lowest BCUT2D eigenvalue weighted by Crippen LogP contribution is -2.45. The number of aryl methyl sites for hydroxylation is 1. The van der Waals surface area contributed by atoms with Gasteiger partial charge in [-0.3, -0.25) is 9.79 Å². The second-order valence-corrected chi connectivity index (χ2v) is 6.41. The zero-order valence-electron chi connectivity index (χ0n) is 16.2. The van der Waals surface area contributed by atoms with Crippen molar-refractivity contribution < 1.29 is 18.7 Å². The molecule has 1 aliphatic rings. The molecule has 0 aromatic carbocycles. The molecule has 154 valence electrons. The molecule has 2 heterocycles. The number of carbonyl (C=O) groups excluding carboxylic acids is 1. The second kappa shape index (κ2) is 12.9. The van der Waals surface area contributed by atoms with E-state index in [2.05, 4.69) is 27.9 Å². The maximum absolute atomic E-state index is 11.9. The second-order valence-electron chi connectivity index (χ2n) is 6.41. The highest BCUT2D eigenvalue weighted by Crippen LogP contribution is 2.08. The summed E-state index contributed by atoms with van der Waals surface area (Å²) in [7, 11) is 1.73. The quantitative estimate of drug-likeness (QED) is 0.209. The summed E-state index contributed by atoms with van der Waals surface area (Å²) in [5.74, 6) is 0.908. The summed E-state index contributed by atoms with van der Waals surface area (Å²) in [6.07, 6.45) is 3.46. The minimum absolute atomic E-state index is 0. The van der Waals surface area contributed by atoms with Crippen molar-refractivity contribution in [1.29, 1.82) is 0 Å². The van der Waals surface area contributed by atoms with E-state index in [1.165, 1.54) is 6.26 Å². The largest absolute Gasteiger partial charge is 0.459 e. The number of rotatable bonds is 9. The van der Waals surface area contributed by atoms with Gasteiger partial charge in [0.2, 0.25) is 0 Å². The number of hydrogen-bond donors (Lipinski definition) is 3. The average molecular weight is 494 g/mol. The van der Waals surface area contributed by atoms with Crippen LogP contribution in [-0.2, 0) is 9.47 Å². The Morgan fingerprint density at radius 2 is 2.19 bits per heavy atom. The van der Waals surface area contributed by atoms with E-state index in [0.29, 0.717) is 32.1 Å². The number of hydrogen-bond acceptors (Lipinski definition) is 5. The van der Waals surface area contributed by atoms with Crippen molar-refractivity contribution in [1.82, 2.24) is 16.0 Å². The summed E-state index contributed by atoms with van der Waals surface area (Å²) in [5, 5.41) is 9.37. The fourth-order valence-corrected chi connectivity index (χ4v) is 2.58. The Morgan fingerprint density at radius 1 is 1.41 bits per heavy atom. The summed E-state index contributed by atoms with van der Waals surface area (Å²) in [4.78, 5) is 16.1. The Bertz CT molecular complexity index is 588. The van der Waals surface area contributed by atoms with Gasteiger partial charge in [-0.1, -0.05) is 0 Å². The van der Waals surface area contributed by atoms with Gasteiger partial charge in [0, 0.05) is 38.3 Å². The van der Waals surface area contributed by atoms with Crippen molar-refractivity contribution in [2.24, 2.45) is 4.99 Å². The third kappa shape index (κ3) is 8.48. The van der Waals surface area contributed by atoms with Gasteiger partial charge in [0.1, 0.15) is 0 Å². The normalized spacial score (nSPS) is 17.9. The van der Waals surface area contributed by atoms with E-state index >= 15 is 0 Å². The Hall–Kier alpha value is -1.33. The van der Waals surface area contributed by atoms with E-state index in [9.17, 15) is 4.79 Å². The first-order chi connectivity index (χ1) is 12.6.